The minimum atomic E-state index is -0.944. The molecular formula is C15H15ClF2N4O2. The maximum absolute atomic E-state index is 13.8. The number of nitrogens with one attached hydrogen (secondary N) is 2. The van der Waals surface area contributed by atoms with Gasteiger partial charge in [-0.1, -0.05) is 18.5 Å². The molecule has 1 aromatic carbocycles. The van der Waals surface area contributed by atoms with Crippen molar-refractivity contribution in [1.29, 1.82) is 0 Å². The molecule has 2 rings (SSSR count). The summed E-state index contributed by atoms with van der Waals surface area (Å²) in [6, 6.07) is 2.73. The Morgan fingerprint density at radius 3 is 2.79 bits per heavy atom. The third-order valence-corrected chi connectivity index (χ3v) is 3.43. The highest BCUT2D eigenvalue weighted by Gasteiger charge is 2.14. The van der Waals surface area contributed by atoms with E-state index in [0.717, 1.165) is 23.2 Å². The summed E-state index contributed by atoms with van der Waals surface area (Å²) in [6.45, 7) is 2.37. The normalized spacial score (nSPS) is 10.5. The Bertz CT molecular complexity index is 811. The van der Waals surface area contributed by atoms with Crippen molar-refractivity contribution in [3.63, 3.8) is 0 Å². The molecular weight excluding hydrogens is 342 g/mol. The van der Waals surface area contributed by atoms with Gasteiger partial charge < -0.3 is 10.6 Å². The molecule has 0 aliphatic heterocycles. The number of rotatable bonds is 6. The first-order chi connectivity index (χ1) is 11.4. The minimum Gasteiger partial charge on any atom is -0.373 e. The fourth-order valence-corrected chi connectivity index (χ4v) is 2.08. The fourth-order valence-electron chi connectivity index (χ4n) is 1.88. The third-order valence-electron chi connectivity index (χ3n) is 3.07. The molecule has 128 valence electrons. The van der Waals surface area contributed by atoms with Crippen molar-refractivity contribution >= 4 is 23.2 Å². The third kappa shape index (κ3) is 4.08. The molecule has 0 unspecified atom stereocenters. The van der Waals surface area contributed by atoms with Crippen molar-refractivity contribution in [3.8, 4) is 5.69 Å². The summed E-state index contributed by atoms with van der Waals surface area (Å²) in [4.78, 5) is 23.7. The van der Waals surface area contributed by atoms with E-state index in [1.807, 2.05) is 6.92 Å². The highest BCUT2D eigenvalue weighted by molar-refractivity contribution is 6.33. The van der Waals surface area contributed by atoms with Crippen LogP contribution in [0.25, 0.3) is 5.69 Å². The number of aromatic nitrogens is 2. The van der Waals surface area contributed by atoms with Crippen LogP contribution >= 0.6 is 11.6 Å². The zero-order valence-corrected chi connectivity index (χ0v) is 13.5. The molecule has 0 aliphatic rings. The lowest BCUT2D eigenvalue weighted by molar-refractivity contribution is -0.119. The van der Waals surface area contributed by atoms with Crippen LogP contribution in [0.5, 0.6) is 0 Å². The molecule has 1 aromatic heterocycles. The van der Waals surface area contributed by atoms with Gasteiger partial charge in [0.05, 0.1) is 18.4 Å². The number of hydrogen-bond acceptors (Lipinski definition) is 4. The van der Waals surface area contributed by atoms with Gasteiger partial charge in [-0.2, -0.15) is 9.78 Å². The lowest BCUT2D eigenvalue weighted by Crippen LogP contribution is -2.31. The van der Waals surface area contributed by atoms with Crippen LogP contribution in [0.4, 0.5) is 14.5 Å². The lowest BCUT2D eigenvalue weighted by Gasteiger charge is -2.11. The number of amides is 1. The van der Waals surface area contributed by atoms with Gasteiger partial charge in [0.1, 0.15) is 16.5 Å². The van der Waals surface area contributed by atoms with E-state index in [2.05, 4.69) is 15.7 Å². The van der Waals surface area contributed by atoms with E-state index >= 15 is 0 Å². The largest absolute Gasteiger partial charge is 0.373 e. The van der Waals surface area contributed by atoms with Gasteiger partial charge in [0.15, 0.2) is 5.82 Å². The quantitative estimate of drug-likeness (QED) is 0.831. The second-order valence-corrected chi connectivity index (χ2v) is 5.27. The molecule has 1 amide bonds. The molecule has 2 aromatic rings. The standard InChI is InChI=1S/C15H15ClF2N4O2/c1-2-5-19-13(23)8-20-11-7-21-22(15(24)14(11)16)12-4-3-9(17)6-10(12)18/h3-4,6-7,20H,2,5,8H2,1H3,(H,19,23). The monoisotopic (exact) mass is 356 g/mol. The first-order valence-corrected chi connectivity index (χ1v) is 7.55. The van der Waals surface area contributed by atoms with Gasteiger partial charge in [0.25, 0.3) is 5.56 Å². The molecule has 0 atom stereocenters. The maximum Gasteiger partial charge on any atom is 0.292 e. The Labute approximate surface area is 141 Å². The molecule has 0 radical (unpaired) electrons. The summed E-state index contributed by atoms with van der Waals surface area (Å²) in [6.07, 6.45) is 1.99. The molecule has 0 spiro atoms. The van der Waals surface area contributed by atoms with Gasteiger partial charge in [-0.05, 0) is 18.6 Å². The Hall–Kier alpha value is -2.48. The number of halogens is 3. The van der Waals surface area contributed by atoms with Crippen LogP contribution in [0, 0.1) is 11.6 Å². The van der Waals surface area contributed by atoms with Gasteiger partial charge in [0.2, 0.25) is 5.91 Å². The van der Waals surface area contributed by atoms with E-state index in [-0.39, 0.29) is 28.8 Å². The van der Waals surface area contributed by atoms with Crippen LogP contribution in [-0.2, 0) is 4.79 Å². The molecule has 2 N–H and O–H groups in total. The molecule has 9 heteroatoms. The molecule has 24 heavy (non-hydrogen) atoms. The van der Waals surface area contributed by atoms with E-state index in [1.165, 1.54) is 6.20 Å². The van der Waals surface area contributed by atoms with Crippen molar-refractivity contribution in [2.24, 2.45) is 0 Å². The van der Waals surface area contributed by atoms with Gasteiger partial charge in [-0.15, -0.1) is 0 Å². The molecule has 1 heterocycles. The summed E-state index contributed by atoms with van der Waals surface area (Å²) in [5.74, 6) is -1.98. The van der Waals surface area contributed by atoms with Crippen molar-refractivity contribution in [1.82, 2.24) is 15.1 Å². The number of carbonyl (C=O) groups excluding carboxylic acids is 1. The number of hydrogen-bond donors (Lipinski definition) is 2. The zero-order valence-electron chi connectivity index (χ0n) is 12.8. The summed E-state index contributed by atoms with van der Waals surface area (Å²) in [5.41, 5.74) is -0.872. The Kier molecular flexibility index (Phi) is 5.86. The maximum atomic E-state index is 13.8. The van der Waals surface area contributed by atoms with Crippen molar-refractivity contribution < 1.29 is 13.6 Å². The predicted octanol–water partition coefficient (Wildman–Crippen LogP) is 2.10. The minimum absolute atomic E-state index is 0.0875. The average Bonchev–Trinajstić information content (AvgIpc) is 2.55. The topological polar surface area (TPSA) is 76.0 Å². The van der Waals surface area contributed by atoms with Crippen LogP contribution in [0.3, 0.4) is 0 Å². The Balaban J connectivity index is 2.23. The van der Waals surface area contributed by atoms with Crippen LogP contribution < -0.4 is 16.2 Å². The number of nitrogens with zero attached hydrogens (tertiary/aromatic N) is 2. The van der Waals surface area contributed by atoms with Gasteiger partial charge >= 0.3 is 0 Å². The van der Waals surface area contributed by atoms with E-state index in [1.54, 1.807) is 0 Å². The fraction of sp³-hybridized carbons (Fsp3) is 0.267. The molecule has 0 saturated carbocycles. The van der Waals surface area contributed by atoms with Gasteiger partial charge in [-0.25, -0.2) is 8.78 Å². The second-order valence-electron chi connectivity index (χ2n) is 4.89. The molecule has 0 bridgehead atoms. The van der Waals surface area contributed by atoms with Crippen molar-refractivity contribution in [2.75, 3.05) is 18.4 Å². The first kappa shape index (κ1) is 17.9. The highest BCUT2D eigenvalue weighted by atomic mass is 35.5. The smallest absolute Gasteiger partial charge is 0.292 e. The number of anilines is 1. The van der Waals surface area contributed by atoms with Crippen molar-refractivity contribution in [3.05, 3.63) is 51.4 Å². The highest BCUT2D eigenvalue weighted by Crippen LogP contribution is 2.18. The SMILES string of the molecule is CCCNC(=O)CNc1cnn(-c2ccc(F)cc2F)c(=O)c1Cl. The summed E-state index contributed by atoms with van der Waals surface area (Å²) < 4.78 is 27.4. The molecule has 0 aliphatic carbocycles. The predicted molar refractivity (Wildman–Crippen MR) is 86.6 cm³/mol. The second kappa shape index (κ2) is 7.87. The number of carbonyl (C=O) groups is 1. The van der Waals surface area contributed by atoms with E-state index in [9.17, 15) is 18.4 Å². The lowest BCUT2D eigenvalue weighted by atomic mass is 10.3. The van der Waals surface area contributed by atoms with E-state index in [0.29, 0.717) is 12.6 Å². The van der Waals surface area contributed by atoms with Crippen molar-refractivity contribution in [2.45, 2.75) is 13.3 Å². The summed E-state index contributed by atoms with van der Waals surface area (Å²) in [7, 11) is 0. The van der Waals surface area contributed by atoms with Crippen LogP contribution in [0.15, 0.2) is 29.2 Å². The number of benzene rings is 1. The first-order valence-electron chi connectivity index (χ1n) is 7.18. The molecule has 0 fully saturated rings. The molecule has 0 saturated heterocycles. The summed E-state index contributed by atoms with van der Waals surface area (Å²) >= 11 is 5.96. The van der Waals surface area contributed by atoms with Crippen LogP contribution in [0.2, 0.25) is 5.02 Å². The Morgan fingerprint density at radius 2 is 2.12 bits per heavy atom. The summed E-state index contributed by atoms with van der Waals surface area (Å²) in [5, 5.41) is 8.89. The Morgan fingerprint density at radius 1 is 1.38 bits per heavy atom. The van der Waals surface area contributed by atoms with Crippen LogP contribution in [0.1, 0.15) is 13.3 Å². The van der Waals surface area contributed by atoms with Gasteiger partial charge in [0, 0.05) is 12.6 Å². The van der Waals surface area contributed by atoms with Crippen LogP contribution in [-0.4, -0.2) is 28.8 Å². The zero-order chi connectivity index (χ0) is 17.7. The average molecular weight is 357 g/mol. The van der Waals surface area contributed by atoms with E-state index < -0.39 is 17.2 Å². The van der Waals surface area contributed by atoms with Gasteiger partial charge in [-0.3, -0.25) is 9.59 Å². The molecule has 6 nitrogen and oxygen atoms in total. The van der Waals surface area contributed by atoms with E-state index in [4.69, 9.17) is 11.6 Å².